The van der Waals surface area contributed by atoms with E-state index in [2.05, 4.69) is 13.8 Å². The van der Waals surface area contributed by atoms with Crippen molar-refractivity contribution in [3.05, 3.63) is 0 Å². The second-order valence-electron chi connectivity index (χ2n) is 11.4. The summed E-state index contributed by atoms with van der Waals surface area (Å²) in [6.45, 7) is 11.1. The first-order chi connectivity index (χ1) is 16.1. The van der Waals surface area contributed by atoms with Gasteiger partial charge in [0.05, 0.1) is 5.60 Å². The molecular weight excluding hydrogens is 460 g/mol. The molecule has 2 bridgehead atoms. The minimum atomic E-state index is -1.53. The van der Waals surface area contributed by atoms with Gasteiger partial charge in [-0.2, -0.15) is 0 Å². The molecule has 0 heterocycles. The van der Waals surface area contributed by atoms with Gasteiger partial charge in [0.25, 0.3) is 0 Å². The lowest BCUT2D eigenvalue weighted by Crippen LogP contribution is -2.69. The van der Waals surface area contributed by atoms with Crippen LogP contribution in [0.5, 0.6) is 0 Å². The summed E-state index contributed by atoms with van der Waals surface area (Å²) in [5.74, 6) is -2.91. The van der Waals surface area contributed by atoms with Crippen LogP contribution in [0.25, 0.3) is 0 Å². The van der Waals surface area contributed by atoms with Gasteiger partial charge in [-0.15, -0.1) is 0 Å². The Labute approximate surface area is 204 Å². The van der Waals surface area contributed by atoms with Crippen molar-refractivity contribution in [2.24, 2.45) is 16.2 Å². The van der Waals surface area contributed by atoms with Crippen molar-refractivity contribution in [2.75, 3.05) is 0 Å². The fourth-order valence-electron chi connectivity index (χ4n) is 7.63. The summed E-state index contributed by atoms with van der Waals surface area (Å²) in [6, 6.07) is 0. The number of ether oxygens (including phenoxy) is 5. The van der Waals surface area contributed by atoms with E-state index in [1.54, 1.807) is 0 Å². The molecule has 0 spiro atoms. The zero-order valence-corrected chi connectivity index (χ0v) is 21.4. The molecular formula is C25H36O10. The molecule has 196 valence electrons. The molecule has 10 nitrogen and oxygen atoms in total. The highest BCUT2D eigenvalue weighted by molar-refractivity contribution is 5.69. The molecule has 4 fully saturated rings. The Kier molecular flexibility index (Phi) is 6.03. The first-order valence-electron chi connectivity index (χ1n) is 12.1. The van der Waals surface area contributed by atoms with Gasteiger partial charge >= 0.3 is 23.9 Å². The van der Waals surface area contributed by atoms with Crippen molar-refractivity contribution in [1.82, 2.24) is 0 Å². The van der Waals surface area contributed by atoms with Gasteiger partial charge in [0.15, 0.2) is 24.4 Å². The molecule has 4 rings (SSSR count). The topological polar surface area (TPSA) is 135 Å². The van der Waals surface area contributed by atoms with E-state index in [9.17, 15) is 24.3 Å². The molecule has 4 saturated carbocycles. The van der Waals surface area contributed by atoms with Crippen LogP contribution in [0.3, 0.4) is 0 Å². The molecule has 6 unspecified atom stereocenters. The SMILES string of the molecule is CC(=O)OC1C(OC(C)=O)[C@@H](OC(C)=O)C(O)C(O[C@@]2(C)CC34CC[C@]2(C)C3(C)C4)[C@H]1OC(C)=O. The number of rotatable bonds is 6. The van der Waals surface area contributed by atoms with Gasteiger partial charge in [-0.05, 0) is 43.4 Å². The smallest absolute Gasteiger partial charge is 0.303 e. The second-order valence-corrected chi connectivity index (χ2v) is 11.4. The number of hydrogen-bond donors (Lipinski definition) is 1. The average molecular weight is 497 g/mol. The normalized spacial score (nSPS) is 47.4. The van der Waals surface area contributed by atoms with Crippen molar-refractivity contribution < 1.29 is 48.0 Å². The van der Waals surface area contributed by atoms with Gasteiger partial charge in [-0.3, -0.25) is 19.2 Å². The second kappa shape index (κ2) is 8.16. The molecule has 0 radical (unpaired) electrons. The van der Waals surface area contributed by atoms with Crippen LogP contribution in [0.2, 0.25) is 0 Å². The fraction of sp³-hybridized carbons (Fsp3) is 0.840. The molecule has 1 N–H and O–H groups in total. The summed E-state index contributed by atoms with van der Waals surface area (Å²) in [5.41, 5.74) is -0.590. The molecule has 0 aromatic carbocycles. The van der Waals surface area contributed by atoms with Crippen LogP contribution in [0.15, 0.2) is 0 Å². The summed E-state index contributed by atoms with van der Waals surface area (Å²) in [6.07, 6.45) is -4.26. The molecule has 0 aliphatic heterocycles. The van der Waals surface area contributed by atoms with E-state index in [0.717, 1.165) is 46.5 Å². The summed E-state index contributed by atoms with van der Waals surface area (Å²) in [7, 11) is 0. The largest absolute Gasteiger partial charge is 0.456 e. The summed E-state index contributed by atoms with van der Waals surface area (Å²) in [4.78, 5) is 48.0. The minimum absolute atomic E-state index is 0.107. The Morgan fingerprint density at radius 3 is 1.43 bits per heavy atom. The Balaban J connectivity index is 1.75. The lowest BCUT2D eigenvalue weighted by atomic mass is 9.64. The standard InChI is InChI=1S/C25H36O10/c1-12(26)31-17-16(30)18(35-24(7)11-25-9-8-22(24,5)23(25,6)10-25)20(33-14(3)28)21(34-15(4)29)19(17)32-13(2)27/h16-21,30H,8-11H2,1-7H3/t16?,17-,18?,19?,20+,21?,22+,23?,24-,25?/m0/s1. The van der Waals surface area contributed by atoms with Crippen molar-refractivity contribution in [3.63, 3.8) is 0 Å². The number of aliphatic hydroxyl groups excluding tert-OH is 1. The van der Waals surface area contributed by atoms with Gasteiger partial charge in [-0.25, -0.2) is 0 Å². The first kappa shape index (κ1) is 25.9. The first-order valence-corrected chi connectivity index (χ1v) is 12.1. The fourth-order valence-corrected chi connectivity index (χ4v) is 7.63. The van der Waals surface area contributed by atoms with Gasteiger partial charge < -0.3 is 28.8 Å². The van der Waals surface area contributed by atoms with Gasteiger partial charge in [0.1, 0.15) is 12.2 Å². The highest BCUT2D eigenvalue weighted by Crippen LogP contribution is 2.90. The predicted molar refractivity (Wildman–Crippen MR) is 119 cm³/mol. The van der Waals surface area contributed by atoms with Gasteiger partial charge in [0.2, 0.25) is 0 Å². The van der Waals surface area contributed by atoms with Crippen LogP contribution in [-0.4, -0.2) is 71.2 Å². The molecule has 10 atom stereocenters. The Hall–Kier alpha value is -2.20. The number of aliphatic hydroxyl groups is 1. The number of carbonyl (C=O) groups is 4. The third kappa shape index (κ3) is 3.75. The van der Waals surface area contributed by atoms with Crippen molar-refractivity contribution >= 4 is 23.9 Å². The van der Waals surface area contributed by atoms with Crippen LogP contribution < -0.4 is 0 Å². The summed E-state index contributed by atoms with van der Waals surface area (Å²) < 4.78 is 28.4. The van der Waals surface area contributed by atoms with Crippen LogP contribution >= 0.6 is 0 Å². The maximum absolute atomic E-state index is 12.1. The van der Waals surface area contributed by atoms with Crippen molar-refractivity contribution in [2.45, 2.75) is 116 Å². The van der Waals surface area contributed by atoms with E-state index >= 15 is 0 Å². The van der Waals surface area contributed by atoms with E-state index in [4.69, 9.17) is 23.7 Å². The molecule has 4 aliphatic rings. The van der Waals surface area contributed by atoms with E-state index in [-0.39, 0.29) is 16.2 Å². The van der Waals surface area contributed by atoms with E-state index in [1.165, 1.54) is 6.92 Å². The van der Waals surface area contributed by atoms with Crippen LogP contribution in [0, 0.1) is 16.2 Å². The number of hydrogen-bond acceptors (Lipinski definition) is 10. The summed E-state index contributed by atoms with van der Waals surface area (Å²) >= 11 is 0. The third-order valence-electron chi connectivity index (χ3n) is 9.47. The molecule has 0 aromatic rings. The van der Waals surface area contributed by atoms with Crippen molar-refractivity contribution in [3.8, 4) is 0 Å². The quantitative estimate of drug-likeness (QED) is 0.429. The highest BCUT2D eigenvalue weighted by Gasteiger charge is 2.86. The van der Waals surface area contributed by atoms with E-state index in [0.29, 0.717) is 0 Å². The Morgan fingerprint density at radius 2 is 1.06 bits per heavy atom. The van der Waals surface area contributed by atoms with Crippen LogP contribution in [0.4, 0.5) is 0 Å². The number of carbonyl (C=O) groups excluding carboxylic acids is 4. The lowest BCUT2D eigenvalue weighted by molar-refractivity contribution is -0.287. The lowest BCUT2D eigenvalue weighted by Gasteiger charge is -2.53. The van der Waals surface area contributed by atoms with Gasteiger partial charge in [-0.1, -0.05) is 13.8 Å². The predicted octanol–water partition coefficient (Wildman–Crippen LogP) is 1.83. The maximum Gasteiger partial charge on any atom is 0.303 e. The molecule has 0 aromatic heterocycles. The minimum Gasteiger partial charge on any atom is -0.456 e. The maximum atomic E-state index is 12.1. The van der Waals surface area contributed by atoms with E-state index < -0.39 is 66.1 Å². The monoisotopic (exact) mass is 496 g/mol. The van der Waals surface area contributed by atoms with Crippen LogP contribution in [0.1, 0.15) is 74.1 Å². The van der Waals surface area contributed by atoms with Crippen LogP contribution in [-0.2, 0) is 42.9 Å². The summed E-state index contributed by atoms with van der Waals surface area (Å²) in [5, 5.41) is 11.4. The molecule has 35 heavy (non-hydrogen) atoms. The van der Waals surface area contributed by atoms with Gasteiger partial charge in [0, 0.05) is 33.1 Å². The molecule has 0 amide bonds. The Bertz CT molecular complexity index is 945. The molecule has 10 heteroatoms. The molecule has 0 saturated heterocycles. The zero-order valence-electron chi connectivity index (χ0n) is 21.4. The third-order valence-corrected chi connectivity index (χ3v) is 9.47. The zero-order chi connectivity index (χ0) is 26.1. The molecule has 4 aliphatic carbocycles. The average Bonchev–Trinajstić information content (AvgIpc) is 3.19. The number of esters is 4. The van der Waals surface area contributed by atoms with Crippen molar-refractivity contribution in [1.29, 1.82) is 0 Å². The highest BCUT2D eigenvalue weighted by atomic mass is 16.7. The van der Waals surface area contributed by atoms with E-state index in [1.807, 2.05) is 6.92 Å². The Morgan fingerprint density at radius 1 is 0.629 bits per heavy atom.